The molecule has 2 aromatic rings. The molecule has 0 saturated heterocycles. The third kappa shape index (κ3) is 4.14. The number of benzene rings is 2. The number of rotatable bonds is 4. The number of ether oxygens (including phenoxy) is 1. The van der Waals surface area contributed by atoms with Crippen molar-refractivity contribution in [3.05, 3.63) is 60.2 Å². The van der Waals surface area contributed by atoms with Crippen molar-refractivity contribution in [2.24, 2.45) is 0 Å². The van der Waals surface area contributed by atoms with Crippen molar-refractivity contribution in [3.8, 4) is 0 Å². The zero-order valence-corrected chi connectivity index (χ0v) is 14.9. The third-order valence-corrected chi connectivity index (χ3v) is 4.41. The highest BCUT2D eigenvalue weighted by molar-refractivity contribution is 5.99. The Morgan fingerprint density at radius 1 is 1.00 bits per heavy atom. The van der Waals surface area contributed by atoms with Gasteiger partial charge >= 0.3 is 6.09 Å². The monoisotopic (exact) mass is 353 g/mol. The SMILES string of the molecule is COC(=O)NCC(=O)N1CCCN(Cc2ccccc2)c2ccccc21. The number of amides is 2. The number of anilines is 2. The predicted molar refractivity (Wildman–Crippen MR) is 101 cm³/mol. The minimum Gasteiger partial charge on any atom is -0.453 e. The van der Waals surface area contributed by atoms with Crippen LogP contribution in [0, 0.1) is 0 Å². The van der Waals surface area contributed by atoms with Gasteiger partial charge in [-0.3, -0.25) is 4.79 Å². The Kier molecular flexibility index (Phi) is 5.73. The van der Waals surface area contributed by atoms with Gasteiger partial charge in [-0.05, 0) is 24.1 Å². The van der Waals surface area contributed by atoms with Crippen LogP contribution in [0.3, 0.4) is 0 Å². The Labute approximate surface area is 153 Å². The van der Waals surface area contributed by atoms with E-state index >= 15 is 0 Å². The lowest BCUT2D eigenvalue weighted by Gasteiger charge is -2.27. The summed E-state index contributed by atoms with van der Waals surface area (Å²) in [6.45, 7) is 2.18. The van der Waals surface area contributed by atoms with Gasteiger partial charge in [0, 0.05) is 19.6 Å². The summed E-state index contributed by atoms with van der Waals surface area (Å²) in [5.41, 5.74) is 3.13. The van der Waals surface area contributed by atoms with Crippen molar-refractivity contribution in [2.45, 2.75) is 13.0 Å². The van der Waals surface area contributed by atoms with Crippen LogP contribution in [0.1, 0.15) is 12.0 Å². The fourth-order valence-corrected chi connectivity index (χ4v) is 3.16. The van der Waals surface area contributed by atoms with E-state index in [0.29, 0.717) is 6.54 Å². The van der Waals surface area contributed by atoms with Crippen LogP contribution < -0.4 is 15.1 Å². The van der Waals surface area contributed by atoms with E-state index in [1.165, 1.54) is 12.7 Å². The molecule has 0 atom stereocenters. The lowest BCUT2D eigenvalue weighted by atomic mass is 10.1. The second-order valence-electron chi connectivity index (χ2n) is 6.14. The molecular weight excluding hydrogens is 330 g/mol. The molecule has 136 valence electrons. The lowest BCUT2D eigenvalue weighted by Crippen LogP contribution is -2.40. The Balaban J connectivity index is 1.81. The van der Waals surface area contributed by atoms with Crippen molar-refractivity contribution >= 4 is 23.4 Å². The van der Waals surface area contributed by atoms with Crippen LogP contribution in [-0.4, -0.2) is 38.7 Å². The number of nitrogens with zero attached hydrogens (tertiary/aromatic N) is 2. The van der Waals surface area contributed by atoms with Gasteiger partial charge in [0.15, 0.2) is 0 Å². The van der Waals surface area contributed by atoms with Crippen LogP contribution in [-0.2, 0) is 16.1 Å². The molecule has 2 aromatic carbocycles. The van der Waals surface area contributed by atoms with Crippen molar-refractivity contribution in [1.82, 2.24) is 5.32 Å². The molecule has 1 heterocycles. The highest BCUT2D eigenvalue weighted by atomic mass is 16.5. The van der Waals surface area contributed by atoms with Crippen molar-refractivity contribution in [3.63, 3.8) is 0 Å². The first kappa shape index (κ1) is 17.8. The second kappa shape index (κ2) is 8.38. The normalized spacial score (nSPS) is 13.6. The summed E-state index contributed by atoms with van der Waals surface area (Å²) >= 11 is 0. The summed E-state index contributed by atoms with van der Waals surface area (Å²) < 4.78 is 4.54. The first-order valence-electron chi connectivity index (χ1n) is 8.69. The van der Waals surface area contributed by atoms with E-state index in [-0.39, 0.29) is 12.5 Å². The average molecular weight is 353 g/mol. The van der Waals surface area contributed by atoms with Crippen LogP contribution in [0.5, 0.6) is 0 Å². The fourth-order valence-electron chi connectivity index (χ4n) is 3.16. The third-order valence-electron chi connectivity index (χ3n) is 4.41. The maximum atomic E-state index is 12.6. The number of nitrogens with one attached hydrogen (secondary N) is 1. The predicted octanol–water partition coefficient (Wildman–Crippen LogP) is 2.79. The largest absolute Gasteiger partial charge is 0.453 e. The summed E-state index contributed by atoms with van der Waals surface area (Å²) in [5, 5.41) is 2.47. The summed E-state index contributed by atoms with van der Waals surface area (Å²) in [5.74, 6) is -0.149. The fraction of sp³-hybridized carbons (Fsp3) is 0.300. The van der Waals surface area contributed by atoms with Crippen LogP contribution >= 0.6 is 0 Å². The Morgan fingerprint density at radius 2 is 1.69 bits per heavy atom. The molecule has 26 heavy (non-hydrogen) atoms. The zero-order chi connectivity index (χ0) is 18.4. The van der Waals surface area contributed by atoms with E-state index in [0.717, 1.165) is 30.9 Å². The zero-order valence-electron chi connectivity index (χ0n) is 14.9. The van der Waals surface area contributed by atoms with E-state index in [9.17, 15) is 9.59 Å². The van der Waals surface area contributed by atoms with Gasteiger partial charge in [-0.25, -0.2) is 4.79 Å². The minimum atomic E-state index is -0.604. The smallest absolute Gasteiger partial charge is 0.407 e. The van der Waals surface area contributed by atoms with E-state index < -0.39 is 6.09 Å². The summed E-state index contributed by atoms with van der Waals surface area (Å²) in [4.78, 5) is 27.9. The molecule has 1 aliphatic heterocycles. The molecule has 0 radical (unpaired) electrons. The van der Waals surface area contributed by atoms with Gasteiger partial charge in [0.25, 0.3) is 0 Å². The number of hydrogen-bond donors (Lipinski definition) is 1. The number of para-hydroxylation sites is 2. The molecule has 0 spiro atoms. The summed E-state index contributed by atoms with van der Waals surface area (Å²) in [6, 6.07) is 18.2. The number of alkyl carbamates (subject to hydrolysis) is 1. The molecule has 0 aliphatic carbocycles. The Bertz CT molecular complexity index is 764. The maximum Gasteiger partial charge on any atom is 0.407 e. The molecule has 0 unspecified atom stereocenters. The van der Waals surface area contributed by atoms with E-state index in [1.54, 1.807) is 4.90 Å². The van der Waals surface area contributed by atoms with Gasteiger partial charge in [0.05, 0.1) is 18.5 Å². The van der Waals surface area contributed by atoms with Gasteiger partial charge in [-0.15, -0.1) is 0 Å². The molecule has 0 bridgehead atoms. The van der Waals surface area contributed by atoms with E-state index in [1.807, 2.05) is 42.5 Å². The first-order chi connectivity index (χ1) is 12.7. The van der Waals surface area contributed by atoms with E-state index in [4.69, 9.17) is 0 Å². The quantitative estimate of drug-likeness (QED) is 0.918. The Hall–Kier alpha value is -3.02. The number of carbonyl (C=O) groups is 2. The molecule has 6 nitrogen and oxygen atoms in total. The van der Waals surface area contributed by atoms with Gasteiger partial charge in [0.2, 0.25) is 5.91 Å². The van der Waals surface area contributed by atoms with Crippen LogP contribution in [0.15, 0.2) is 54.6 Å². The second-order valence-corrected chi connectivity index (χ2v) is 6.14. The molecule has 0 saturated carbocycles. The lowest BCUT2D eigenvalue weighted by molar-refractivity contribution is -0.117. The number of hydrogen-bond acceptors (Lipinski definition) is 4. The van der Waals surface area contributed by atoms with Gasteiger partial charge in [0.1, 0.15) is 6.54 Å². The standard InChI is InChI=1S/C20H23N3O3/c1-26-20(25)21-14-19(24)23-13-7-12-22(15-16-8-3-2-4-9-16)17-10-5-6-11-18(17)23/h2-6,8-11H,7,12-15H2,1H3,(H,21,25). The molecule has 1 N–H and O–H groups in total. The van der Waals surface area contributed by atoms with Crippen molar-refractivity contribution in [1.29, 1.82) is 0 Å². The summed E-state index contributed by atoms with van der Waals surface area (Å²) in [6.07, 6.45) is 0.248. The van der Waals surface area contributed by atoms with Crippen LogP contribution in [0.4, 0.5) is 16.2 Å². The van der Waals surface area contributed by atoms with Crippen molar-refractivity contribution in [2.75, 3.05) is 36.5 Å². The van der Waals surface area contributed by atoms with Crippen LogP contribution in [0.2, 0.25) is 0 Å². The molecule has 0 aromatic heterocycles. The van der Waals surface area contributed by atoms with Gasteiger partial charge < -0.3 is 19.9 Å². The van der Waals surface area contributed by atoms with Gasteiger partial charge in [-0.1, -0.05) is 42.5 Å². The van der Waals surface area contributed by atoms with Crippen molar-refractivity contribution < 1.29 is 14.3 Å². The molecular formula is C20H23N3O3. The number of fused-ring (bicyclic) bond motifs is 1. The molecule has 1 aliphatic rings. The highest BCUT2D eigenvalue weighted by Crippen LogP contribution is 2.33. The number of methoxy groups -OCH3 is 1. The van der Waals surface area contributed by atoms with E-state index in [2.05, 4.69) is 27.1 Å². The van der Waals surface area contributed by atoms with Gasteiger partial charge in [-0.2, -0.15) is 0 Å². The molecule has 6 heteroatoms. The average Bonchev–Trinajstić information content (AvgIpc) is 2.86. The Morgan fingerprint density at radius 3 is 2.42 bits per heavy atom. The summed E-state index contributed by atoms with van der Waals surface area (Å²) in [7, 11) is 1.28. The molecule has 0 fully saturated rings. The molecule has 2 amide bonds. The minimum absolute atomic E-state index is 0.0836. The first-order valence-corrected chi connectivity index (χ1v) is 8.69. The van der Waals surface area contributed by atoms with Crippen LogP contribution in [0.25, 0.3) is 0 Å². The highest BCUT2D eigenvalue weighted by Gasteiger charge is 2.24. The topological polar surface area (TPSA) is 61.9 Å². The molecule has 3 rings (SSSR count). The maximum absolute atomic E-state index is 12.6. The number of carbonyl (C=O) groups excluding carboxylic acids is 2.